The number of aliphatic hydroxyl groups is 2. The van der Waals surface area contributed by atoms with Crippen LogP contribution in [0.4, 0.5) is 0 Å². The second-order valence-corrected chi connectivity index (χ2v) is 3.44. The highest BCUT2D eigenvalue weighted by molar-refractivity contribution is 5.03. The SMILES string of the molecule is OC1CN(Cc2cn[nH]c2)CC1O. The van der Waals surface area contributed by atoms with E-state index in [1.165, 1.54) is 0 Å². The predicted molar refractivity (Wildman–Crippen MR) is 45.9 cm³/mol. The number of hydrogen-bond donors (Lipinski definition) is 3. The van der Waals surface area contributed by atoms with Gasteiger partial charge in [0.05, 0.1) is 18.4 Å². The van der Waals surface area contributed by atoms with E-state index < -0.39 is 12.2 Å². The molecule has 2 unspecified atom stereocenters. The van der Waals surface area contributed by atoms with Gasteiger partial charge in [0.15, 0.2) is 0 Å². The van der Waals surface area contributed by atoms with Crippen LogP contribution in [-0.4, -0.2) is 50.6 Å². The molecule has 1 aliphatic heterocycles. The number of nitrogens with one attached hydrogen (secondary N) is 1. The van der Waals surface area contributed by atoms with Crippen LogP contribution in [0, 0.1) is 0 Å². The van der Waals surface area contributed by atoms with Crippen LogP contribution in [0.2, 0.25) is 0 Å². The molecule has 1 fully saturated rings. The first-order valence-electron chi connectivity index (χ1n) is 4.32. The molecule has 1 aromatic rings. The predicted octanol–water partition coefficient (Wildman–Crippen LogP) is -1.05. The lowest BCUT2D eigenvalue weighted by Gasteiger charge is -2.12. The Bertz CT molecular complexity index is 252. The van der Waals surface area contributed by atoms with E-state index in [4.69, 9.17) is 0 Å². The van der Waals surface area contributed by atoms with Crippen molar-refractivity contribution in [1.82, 2.24) is 15.1 Å². The normalized spacial score (nSPS) is 29.7. The molecule has 0 bridgehead atoms. The van der Waals surface area contributed by atoms with Crippen molar-refractivity contribution in [3.63, 3.8) is 0 Å². The fourth-order valence-corrected chi connectivity index (χ4v) is 1.60. The van der Waals surface area contributed by atoms with Gasteiger partial charge < -0.3 is 10.2 Å². The minimum Gasteiger partial charge on any atom is -0.389 e. The lowest BCUT2D eigenvalue weighted by atomic mass is 10.3. The molecule has 1 saturated heterocycles. The summed E-state index contributed by atoms with van der Waals surface area (Å²) in [7, 11) is 0. The monoisotopic (exact) mass is 183 g/mol. The smallest absolute Gasteiger partial charge is 0.0938 e. The maximum Gasteiger partial charge on any atom is 0.0938 e. The largest absolute Gasteiger partial charge is 0.389 e. The van der Waals surface area contributed by atoms with Crippen molar-refractivity contribution < 1.29 is 10.2 Å². The highest BCUT2D eigenvalue weighted by Gasteiger charge is 2.29. The van der Waals surface area contributed by atoms with E-state index >= 15 is 0 Å². The van der Waals surface area contributed by atoms with Gasteiger partial charge in [-0.25, -0.2) is 0 Å². The Balaban J connectivity index is 1.91. The summed E-state index contributed by atoms with van der Waals surface area (Å²) in [4.78, 5) is 2.00. The third-order valence-corrected chi connectivity index (χ3v) is 2.30. The van der Waals surface area contributed by atoms with Gasteiger partial charge >= 0.3 is 0 Å². The second-order valence-electron chi connectivity index (χ2n) is 3.44. The molecule has 0 aliphatic carbocycles. The molecule has 0 aromatic carbocycles. The number of hydrogen-bond acceptors (Lipinski definition) is 4. The first-order valence-corrected chi connectivity index (χ1v) is 4.32. The number of H-pyrrole nitrogens is 1. The maximum atomic E-state index is 9.28. The molecule has 0 spiro atoms. The van der Waals surface area contributed by atoms with E-state index in [0.717, 1.165) is 12.1 Å². The average molecular weight is 183 g/mol. The fourth-order valence-electron chi connectivity index (χ4n) is 1.60. The zero-order valence-corrected chi connectivity index (χ0v) is 7.22. The van der Waals surface area contributed by atoms with Crippen molar-refractivity contribution >= 4 is 0 Å². The van der Waals surface area contributed by atoms with Crippen LogP contribution in [0.5, 0.6) is 0 Å². The van der Waals surface area contributed by atoms with Gasteiger partial charge in [-0.2, -0.15) is 5.10 Å². The summed E-state index contributed by atoms with van der Waals surface area (Å²) >= 11 is 0. The van der Waals surface area contributed by atoms with E-state index in [2.05, 4.69) is 10.2 Å². The van der Waals surface area contributed by atoms with Crippen molar-refractivity contribution in [2.24, 2.45) is 0 Å². The molecule has 0 amide bonds. The molecule has 0 radical (unpaired) electrons. The summed E-state index contributed by atoms with van der Waals surface area (Å²) in [6.07, 6.45) is 2.35. The summed E-state index contributed by atoms with van der Waals surface area (Å²) in [5.41, 5.74) is 1.07. The summed E-state index contributed by atoms with van der Waals surface area (Å²) in [6, 6.07) is 0. The highest BCUT2D eigenvalue weighted by Crippen LogP contribution is 2.12. The Morgan fingerprint density at radius 2 is 2.15 bits per heavy atom. The van der Waals surface area contributed by atoms with E-state index in [1.54, 1.807) is 6.20 Å². The summed E-state index contributed by atoms with van der Waals surface area (Å²) < 4.78 is 0. The van der Waals surface area contributed by atoms with Crippen molar-refractivity contribution in [3.8, 4) is 0 Å². The first-order chi connectivity index (χ1) is 6.25. The number of β-amino-alcohol motifs (C(OH)–C–C–N with tert-alkyl or cyclic N) is 2. The van der Waals surface area contributed by atoms with Gasteiger partial charge in [0.1, 0.15) is 0 Å². The molecule has 5 heteroatoms. The zero-order chi connectivity index (χ0) is 9.26. The molecular formula is C8H13N3O2. The number of aromatic amines is 1. The minimum atomic E-state index is -0.605. The number of likely N-dealkylation sites (tertiary alicyclic amines) is 1. The Kier molecular flexibility index (Phi) is 2.30. The number of rotatable bonds is 2. The molecular weight excluding hydrogens is 170 g/mol. The highest BCUT2D eigenvalue weighted by atomic mass is 16.3. The van der Waals surface area contributed by atoms with Gasteiger partial charge in [-0.15, -0.1) is 0 Å². The van der Waals surface area contributed by atoms with Crippen LogP contribution in [-0.2, 0) is 6.54 Å². The lowest BCUT2D eigenvalue weighted by molar-refractivity contribution is 0.0572. The van der Waals surface area contributed by atoms with Crippen LogP contribution in [0.25, 0.3) is 0 Å². The van der Waals surface area contributed by atoms with Crippen LogP contribution < -0.4 is 0 Å². The van der Waals surface area contributed by atoms with Crippen molar-refractivity contribution in [1.29, 1.82) is 0 Å². The number of aromatic nitrogens is 2. The van der Waals surface area contributed by atoms with Gasteiger partial charge in [-0.05, 0) is 0 Å². The van der Waals surface area contributed by atoms with Gasteiger partial charge in [-0.3, -0.25) is 10.00 Å². The molecule has 0 saturated carbocycles. The Labute approximate surface area is 76.0 Å². The lowest BCUT2D eigenvalue weighted by Crippen LogP contribution is -2.22. The second kappa shape index (κ2) is 3.45. The summed E-state index contributed by atoms with van der Waals surface area (Å²) in [6.45, 7) is 1.79. The molecule has 3 N–H and O–H groups in total. The van der Waals surface area contributed by atoms with Crippen molar-refractivity contribution in [2.45, 2.75) is 18.8 Å². The Hall–Kier alpha value is -0.910. The topological polar surface area (TPSA) is 72.4 Å². The molecule has 13 heavy (non-hydrogen) atoms. The van der Waals surface area contributed by atoms with E-state index in [9.17, 15) is 10.2 Å². The number of nitrogens with zero attached hydrogens (tertiary/aromatic N) is 2. The van der Waals surface area contributed by atoms with Crippen LogP contribution in [0.1, 0.15) is 5.56 Å². The molecule has 2 rings (SSSR count). The van der Waals surface area contributed by atoms with Crippen molar-refractivity contribution in [2.75, 3.05) is 13.1 Å². The van der Waals surface area contributed by atoms with Gasteiger partial charge in [-0.1, -0.05) is 0 Å². The quantitative estimate of drug-likeness (QED) is 0.547. The zero-order valence-electron chi connectivity index (χ0n) is 7.22. The standard InChI is InChI=1S/C8H13N3O2/c12-7-4-11(5-8(7)13)3-6-1-9-10-2-6/h1-2,7-8,12-13H,3-5H2,(H,9,10). The third-order valence-electron chi connectivity index (χ3n) is 2.30. The first kappa shape index (κ1) is 8.68. The van der Waals surface area contributed by atoms with E-state index in [0.29, 0.717) is 13.1 Å². The minimum absolute atomic E-state index is 0.534. The molecule has 1 aliphatic rings. The molecule has 5 nitrogen and oxygen atoms in total. The fraction of sp³-hybridized carbons (Fsp3) is 0.625. The van der Waals surface area contributed by atoms with Crippen LogP contribution >= 0.6 is 0 Å². The molecule has 1 aromatic heterocycles. The Morgan fingerprint density at radius 1 is 1.46 bits per heavy atom. The third kappa shape index (κ3) is 1.88. The molecule has 2 heterocycles. The van der Waals surface area contributed by atoms with E-state index in [-0.39, 0.29) is 0 Å². The van der Waals surface area contributed by atoms with Gasteiger partial charge in [0, 0.05) is 31.4 Å². The summed E-state index contributed by atoms with van der Waals surface area (Å²) in [5.74, 6) is 0. The van der Waals surface area contributed by atoms with Crippen LogP contribution in [0.15, 0.2) is 12.4 Å². The van der Waals surface area contributed by atoms with Crippen LogP contribution in [0.3, 0.4) is 0 Å². The van der Waals surface area contributed by atoms with Gasteiger partial charge in [0.25, 0.3) is 0 Å². The number of aliphatic hydroxyl groups excluding tert-OH is 2. The molecule has 2 atom stereocenters. The van der Waals surface area contributed by atoms with Gasteiger partial charge in [0.2, 0.25) is 0 Å². The average Bonchev–Trinajstić information content (AvgIpc) is 2.64. The maximum absolute atomic E-state index is 9.28. The molecule has 72 valence electrons. The Morgan fingerprint density at radius 3 is 2.69 bits per heavy atom. The van der Waals surface area contributed by atoms with E-state index in [1.807, 2.05) is 11.1 Å². The van der Waals surface area contributed by atoms with Crippen molar-refractivity contribution in [3.05, 3.63) is 18.0 Å². The summed E-state index contributed by atoms with van der Waals surface area (Å²) in [5, 5.41) is 25.1.